The topological polar surface area (TPSA) is 6.25 Å². The maximum Gasteiger partial charge on any atom is 0.209 e. The van der Waals surface area contributed by atoms with Crippen LogP contribution in [0.1, 0.15) is 56.6 Å². The number of likely N-dealkylation sites (N-methyl/N-ethyl adjacent to an activating group) is 1. The SMILES string of the molecule is CN1C(=CC=[N+]2c3ccccc3C3CCCCC32)C(C)(C)c2ccccc21. The predicted octanol–water partition coefficient (Wildman–Crippen LogP) is 5.75. The fourth-order valence-corrected chi connectivity index (χ4v) is 5.67. The van der Waals surface area contributed by atoms with Gasteiger partial charge in [-0.1, -0.05) is 56.7 Å². The first-order valence-electron chi connectivity index (χ1n) is 10.3. The van der Waals surface area contributed by atoms with Crippen LogP contribution in [0.5, 0.6) is 0 Å². The van der Waals surface area contributed by atoms with Crippen molar-refractivity contribution in [2.75, 3.05) is 11.9 Å². The van der Waals surface area contributed by atoms with Gasteiger partial charge in [0, 0.05) is 48.0 Å². The minimum Gasteiger partial charge on any atom is -0.347 e. The highest BCUT2D eigenvalue weighted by Crippen LogP contribution is 2.48. The molecule has 0 aromatic heterocycles. The van der Waals surface area contributed by atoms with E-state index in [1.54, 1.807) is 5.56 Å². The monoisotopic (exact) mass is 357 g/mol. The van der Waals surface area contributed by atoms with E-state index in [0.717, 1.165) is 0 Å². The van der Waals surface area contributed by atoms with E-state index in [9.17, 15) is 0 Å². The summed E-state index contributed by atoms with van der Waals surface area (Å²) in [5, 5.41) is 0. The van der Waals surface area contributed by atoms with Gasteiger partial charge in [-0.3, -0.25) is 0 Å². The summed E-state index contributed by atoms with van der Waals surface area (Å²) in [4.78, 5) is 2.37. The molecule has 0 amide bonds. The minimum atomic E-state index is 0.0348. The molecule has 1 fully saturated rings. The molecule has 0 N–H and O–H groups in total. The van der Waals surface area contributed by atoms with Crippen molar-refractivity contribution in [3.8, 4) is 0 Å². The normalized spacial score (nSPS) is 28.3. The highest BCUT2D eigenvalue weighted by Gasteiger charge is 2.44. The smallest absolute Gasteiger partial charge is 0.209 e. The van der Waals surface area contributed by atoms with Gasteiger partial charge in [-0.05, 0) is 24.5 Å². The first-order chi connectivity index (χ1) is 13.1. The van der Waals surface area contributed by atoms with Crippen molar-refractivity contribution in [2.24, 2.45) is 0 Å². The van der Waals surface area contributed by atoms with E-state index in [-0.39, 0.29) is 5.41 Å². The Labute approximate surface area is 162 Å². The van der Waals surface area contributed by atoms with Crippen LogP contribution in [0.4, 0.5) is 11.4 Å². The van der Waals surface area contributed by atoms with Crippen molar-refractivity contribution in [1.29, 1.82) is 0 Å². The van der Waals surface area contributed by atoms with Crippen LogP contribution >= 0.6 is 0 Å². The van der Waals surface area contributed by atoms with Crippen molar-refractivity contribution in [3.63, 3.8) is 0 Å². The van der Waals surface area contributed by atoms with Crippen LogP contribution in [0.15, 0.2) is 60.3 Å². The maximum absolute atomic E-state index is 2.57. The van der Waals surface area contributed by atoms with Gasteiger partial charge in [-0.15, -0.1) is 0 Å². The lowest BCUT2D eigenvalue weighted by atomic mass is 9.82. The summed E-state index contributed by atoms with van der Waals surface area (Å²) in [5.41, 5.74) is 7.14. The highest BCUT2D eigenvalue weighted by atomic mass is 15.2. The number of para-hydroxylation sites is 2. The summed E-state index contributed by atoms with van der Waals surface area (Å²) in [5.74, 6) is 0.705. The van der Waals surface area contributed by atoms with Gasteiger partial charge in [-0.2, -0.15) is 4.58 Å². The van der Waals surface area contributed by atoms with E-state index in [1.165, 1.54) is 48.3 Å². The number of hydrogen-bond donors (Lipinski definition) is 0. The van der Waals surface area contributed by atoms with Gasteiger partial charge in [0.25, 0.3) is 0 Å². The molecule has 27 heavy (non-hydrogen) atoms. The number of anilines is 1. The van der Waals surface area contributed by atoms with Crippen LogP contribution in [-0.2, 0) is 5.41 Å². The number of allylic oxidation sites excluding steroid dienone is 2. The second kappa shape index (κ2) is 6.09. The lowest BCUT2D eigenvalue weighted by molar-refractivity contribution is -0.475. The average molecular weight is 358 g/mol. The van der Waals surface area contributed by atoms with Crippen LogP contribution in [0.3, 0.4) is 0 Å². The molecule has 1 saturated carbocycles. The molecule has 2 unspecified atom stereocenters. The zero-order valence-electron chi connectivity index (χ0n) is 16.7. The zero-order chi connectivity index (χ0) is 18.6. The minimum absolute atomic E-state index is 0.0348. The maximum atomic E-state index is 2.57. The first-order valence-corrected chi connectivity index (χ1v) is 10.3. The zero-order valence-corrected chi connectivity index (χ0v) is 16.7. The van der Waals surface area contributed by atoms with Crippen molar-refractivity contribution < 1.29 is 4.58 Å². The molecule has 2 atom stereocenters. The van der Waals surface area contributed by atoms with E-state index in [1.807, 2.05) is 0 Å². The van der Waals surface area contributed by atoms with Crippen LogP contribution in [0.25, 0.3) is 0 Å². The Bertz CT molecular complexity index is 950. The van der Waals surface area contributed by atoms with Crippen LogP contribution in [-0.4, -0.2) is 23.9 Å². The van der Waals surface area contributed by atoms with Gasteiger partial charge >= 0.3 is 0 Å². The van der Waals surface area contributed by atoms with Crippen molar-refractivity contribution in [2.45, 2.75) is 56.9 Å². The molecule has 2 aromatic carbocycles. The Morgan fingerprint density at radius 3 is 2.59 bits per heavy atom. The second-order valence-electron chi connectivity index (χ2n) is 8.83. The highest BCUT2D eigenvalue weighted by molar-refractivity contribution is 5.78. The van der Waals surface area contributed by atoms with Crippen molar-refractivity contribution >= 4 is 17.6 Å². The fourth-order valence-electron chi connectivity index (χ4n) is 5.67. The Morgan fingerprint density at radius 2 is 1.74 bits per heavy atom. The Hall–Kier alpha value is -2.35. The molecular formula is C25H29N2+. The van der Waals surface area contributed by atoms with E-state index in [2.05, 4.69) is 91.2 Å². The first kappa shape index (κ1) is 16.8. The Morgan fingerprint density at radius 1 is 1.00 bits per heavy atom. The third kappa shape index (κ3) is 2.42. The lowest BCUT2D eigenvalue weighted by Gasteiger charge is -2.23. The number of fused-ring (bicyclic) bond motifs is 4. The lowest BCUT2D eigenvalue weighted by Crippen LogP contribution is -2.27. The summed E-state index contributed by atoms with van der Waals surface area (Å²) < 4.78 is 2.57. The van der Waals surface area contributed by atoms with E-state index < -0.39 is 0 Å². The standard InChI is InChI=1S/C25H29N2/c1-25(2)20-12-6-9-15-23(20)26(3)24(25)16-17-27-21-13-7-4-10-18(21)19-11-5-8-14-22(19)27/h4,6-7,9-10,12-13,15-17,19,22H,5,8,11,14H2,1-3H3/q+1. The van der Waals surface area contributed by atoms with Gasteiger partial charge in [0.05, 0.1) is 5.92 Å². The molecule has 2 aliphatic heterocycles. The molecule has 0 spiro atoms. The quantitative estimate of drug-likeness (QED) is 0.589. The molecule has 0 radical (unpaired) electrons. The van der Waals surface area contributed by atoms with Gasteiger partial charge < -0.3 is 4.90 Å². The molecule has 3 aliphatic rings. The van der Waals surface area contributed by atoms with Gasteiger partial charge in [-0.25, -0.2) is 0 Å². The van der Waals surface area contributed by atoms with E-state index >= 15 is 0 Å². The molecule has 2 heteroatoms. The predicted molar refractivity (Wildman–Crippen MR) is 113 cm³/mol. The molecular weight excluding hydrogens is 328 g/mol. The summed E-state index contributed by atoms with van der Waals surface area (Å²) in [6, 6.07) is 18.5. The van der Waals surface area contributed by atoms with Crippen LogP contribution < -0.4 is 4.90 Å². The number of benzene rings is 2. The molecule has 5 rings (SSSR count). The molecule has 2 aromatic rings. The third-order valence-corrected chi connectivity index (χ3v) is 7.03. The summed E-state index contributed by atoms with van der Waals surface area (Å²) in [6.07, 6.45) is 10.1. The third-order valence-electron chi connectivity index (χ3n) is 7.03. The average Bonchev–Trinajstić information content (AvgIpc) is 3.11. The Kier molecular flexibility index (Phi) is 3.79. The number of rotatable bonds is 1. The van der Waals surface area contributed by atoms with Gasteiger partial charge in [0.15, 0.2) is 12.3 Å². The van der Waals surface area contributed by atoms with Crippen molar-refractivity contribution in [1.82, 2.24) is 0 Å². The molecule has 2 heterocycles. The van der Waals surface area contributed by atoms with Crippen molar-refractivity contribution in [3.05, 3.63) is 71.4 Å². The summed E-state index contributed by atoms with van der Waals surface area (Å²) >= 11 is 0. The molecule has 0 bridgehead atoms. The van der Waals surface area contributed by atoms with Gasteiger partial charge in [0.2, 0.25) is 5.69 Å². The van der Waals surface area contributed by atoms with Crippen LogP contribution in [0, 0.1) is 0 Å². The number of nitrogens with zero attached hydrogens (tertiary/aromatic N) is 2. The molecule has 2 nitrogen and oxygen atoms in total. The second-order valence-corrected chi connectivity index (χ2v) is 8.83. The largest absolute Gasteiger partial charge is 0.347 e. The van der Waals surface area contributed by atoms with Crippen LogP contribution in [0.2, 0.25) is 0 Å². The van der Waals surface area contributed by atoms with E-state index in [0.29, 0.717) is 12.0 Å². The van der Waals surface area contributed by atoms with Gasteiger partial charge in [0.1, 0.15) is 0 Å². The summed E-state index contributed by atoms with van der Waals surface area (Å²) in [6.45, 7) is 4.69. The fraction of sp³-hybridized carbons (Fsp3) is 0.400. The number of hydrogen-bond acceptors (Lipinski definition) is 1. The summed E-state index contributed by atoms with van der Waals surface area (Å²) in [7, 11) is 2.20. The molecule has 1 aliphatic carbocycles. The molecule has 0 saturated heterocycles. The molecule has 138 valence electrons. The van der Waals surface area contributed by atoms with E-state index in [4.69, 9.17) is 0 Å². The Balaban J connectivity index is 1.59.